The molecule has 13 aromatic rings. The molecule has 6 heteroatoms. The van der Waals surface area contributed by atoms with Gasteiger partial charge in [-0.1, -0.05) is 342 Å². The lowest BCUT2D eigenvalue weighted by Crippen LogP contribution is -2.64. The van der Waals surface area contributed by atoms with Crippen molar-refractivity contribution < 1.29 is 0 Å². The van der Waals surface area contributed by atoms with Gasteiger partial charge in [-0.3, -0.25) is 0 Å². The molecule has 0 atom stereocenters. The number of hydrogen-bond donors (Lipinski definition) is 0. The number of para-hydroxylation sites is 2. The van der Waals surface area contributed by atoms with Gasteiger partial charge in [-0.2, -0.15) is 0 Å². The first kappa shape index (κ1) is 63.7. The number of hydrogen-bond acceptors (Lipinski definition) is 4. The number of rotatable bonds is 8. The normalized spacial score (nSPS) is 13.6. The van der Waals surface area contributed by atoms with Crippen LogP contribution in [0.5, 0.6) is 0 Å². The van der Waals surface area contributed by atoms with E-state index in [2.05, 4.69) is 372 Å². The molecule has 4 aliphatic heterocycles. The lowest BCUT2D eigenvalue weighted by Gasteiger charge is -2.45. The average Bonchev–Trinajstić information content (AvgIpc) is 0.687. The van der Waals surface area contributed by atoms with Crippen molar-refractivity contribution in [3.63, 3.8) is 0 Å². The fourth-order valence-electron chi connectivity index (χ4n) is 15.8. The summed E-state index contributed by atoms with van der Waals surface area (Å²) in [5.74, 6) is 0. The second kappa shape index (κ2) is 24.0. The maximum atomic E-state index is 2.74. The Bertz CT molecular complexity index is 5280. The van der Waals surface area contributed by atoms with E-state index in [0.29, 0.717) is 0 Å². The molecule has 2 nitrogen and oxygen atoms in total. The molecule has 0 N–H and O–H groups in total. The molecule has 0 saturated heterocycles. The molecule has 4 aliphatic rings. The summed E-state index contributed by atoms with van der Waals surface area (Å²) in [6.45, 7) is 28.1. The highest BCUT2D eigenvalue weighted by atomic mass is 32.2. The summed E-state index contributed by atoms with van der Waals surface area (Å²) >= 11 is 3.90. The van der Waals surface area contributed by atoms with Crippen LogP contribution in [0.1, 0.15) is 105 Å². The standard InChI is InChI=1S/C94H82B2N2S2/c1-91(2,3)69-45-65(46-70(55-69)92(4,5)6)67-49-82-88-86(53-67)99-84-51-63(59-29-18-13-19-30-59)41-43-76(84)95(88)78-57-79-81(58-80(78)97(82)73-37-26-17-27-38-73)98(90-74(61-33-22-15-23-34-61)39-28-40-75(90)62-35-24-16-25-36-62)83-50-68(66-47-71(93(7,8)9)56-72(48-66)94(10,11)12)54-87-89(83)96(79)77-44-42-64(52-85(77)100-87)60-31-20-14-21-32-60/h13-58H,1-12H3. The molecule has 100 heavy (non-hydrogen) atoms. The largest absolute Gasteiger partial charge is 0.311 e. The van der Waals surface area contributed by atoms with Gasteiger partial charge in [0.2, 0.25) is 13.4 Å². The molecular formula is C94H82B2N2S2. The van der Waals surface area contributed by atoms with Crippen molar-refractivity contribution in [2.75, 3.05) is 9.80 Å². The Morgan fingerprint density at radius 2 is 0.580 bits per heavy atom. The van der Waals surface area contributed by atoms with Crippen molar-refractivity contribution in [2.24, 2.45) is 0 Å². The van der Waals surface area contributed by atoms with Gasteiger partial charge in [-0.25, -0.2) is 0 Å². The SMILES string of the molecule is CC(C)(C)c1cc(-c2cc3c4c(c2)N(c2ccccc2)c2cc5c(cc2B4c2ccc(-c4ccccc4)cc2S3)B2c3ccc(-c4ccccc4)cc3Sc3cc(-c4cc(C(C)(C)C)cc(C(C)(C)C)c4)cc(c32)N5c2c(-c3ccccc3)cccc2-c2ccccc2)cc(C(C)(C)C)c1. The molecule has 0 aliphatic carbocycles. The van der Waals surface area contributed by atoms with E-state index in [1.165, 1.54) is 164 Å². The fraction of sp³-hybridized carbons (Fsp3) is 0.170. The van der Waals surface area contributed by atoms with Crippen molar-refractivity contribution in [2.45, 2.75) is 124 Å². The lowest BCUT2D eigenvalue weighted by atomic mass is 9.31. The second-order valence-corrected chi connectivity index (χ2v) is 34.3. The number of nitrogens with zero attached hydrogens (tertiary/aromatic N) is 2. The van der Waals surface area contributed by atoms with Gasteiger partial charge >= 0.3 is 0 Å². The summed E-state index contributed by atoms with van der Waals surface area (Å²) in [4.78, 5) is 10.5. The lowest BCUT2D eigenvalue weighted by molar-refractivity contribution is 0.568. The van der Waals surface area contributed by atoms with Crippen LogP contribution in [-0.4, -0.2) is 13.4 Å². The van der Waals surface area contributed by atoms with Gasteiger partial charge in [0, 0.05) is 59.1 Å². The Morgan fingerprint density at radius 3 is 0.970 bits per heavy atom. The van der Waals surface area contributed by atoms with Gasteiger partial charge in [0.1, 0.15) is 0 Å². The van der Waals surface area contributed by atoms with Gasteiger partial charge in [-0.05, 0) is 176 Å². The average molecular weight is 1330 g/mol. The second-order valence-electron chi connectivity index (χ2n) is 32.1. The number of benzene rings is 13. The van der Waals surface area contributed by atoms with Crippen LogP contribution in [0.3, 0.4) is 0 Å². The van der Waals surface area contributed by atoms with E-state index in [9.17, 15) is 0 Å². The van der Waals surface area contributed by atoms with Gasteiger partial charge in [0.15, 0.2) is 0 Å². The topological polar surface area (TPSA) is 6.48 Å². The number of fused-ring (bicyclic) bond motifs is 8. The highest BCUT2D eigenvalue weighted by Crippen LogP contribution is 2.53. The van der Waals surface area contributed by atoms with Crippen molar-refractivity contribution in [3.05, 3.63) is 301 Å². The summed E-state index contributed by atoms with van der Waals surface area (Å²) in [7, 11) is 0. The van der Waals surface area contributed by atoms with Crippen LogP contribution >= 0.6 is 23.5 Å². The van der Waals surface area contributed by atoms with Crippen LogP contribution < -0.4 is 42.6 Å². The Balaban J connectivity index is 1.02. The molecule has 4 heterocycles. The van der Waals surface area contributed by atoms with Gasteiger partial charge < -0.3 is 9.80 Å². The molecular weight excluding hydrogens is 1240 g/mol. The van der Waals surface area contributed by atoms with Crippen LogP contribution in [0.4, 0.5) is 34.1 Å². The van der Waals surface area contributed by atoms with Crippen molar-refractivity contribution in [1.82, 2.24) is 0 Å². The Kier molecular flexibility index (Phi) is 15.3. The zero-order valence-corrected chi connectivity index (χ0v) is 61.1. The van der Waals surface area contributed by atoms with Gasteiger partial charge in [-0.15, -0.1) is 0 Å². The van der Waals surface area contributed by atoms with Crippen LogP contribution in [0.2, 0.25) is 0 Å². The zero-order valence-electron chi connectivity index (χ0n) is 59.4. The monoisotopic (exact) mass is 1320 g/mol. The third-order valence-electron chi connectivity index (χ3n) is 21.3. The number of anilines is 6. The van der Waals surface area contributed by atoms with Crippen LogP contribution in [0, 0.1) is 0 Å². The minimum absolute atomic E-state index is 0.0711. The zero-order chi connectivity index (χ0) is 68.7. The van der Waals surface area contributed by atoms with E-state index in [-0.39, 0.29) is 35.1 Å². The van der Waals surface area contributed by atoms with E-state index in [1.54, 1.807) is 0 Å². The summed E-state index contributed by atoms with van der Waals surface area (Å²) in [6, 6.07) is 108. The van der Waals surface area contributed by atoms with Crippen molar-refractivity contribution in [3.8, 4) is 66.8 Å². The van der Waals surface area contributed by atoms with E-state index in [1.807, 2.05) is 23.5 Å². The molecule has 0 aromatic heterocycles. The van der Waals surface area contributed by atoms with E-state index in [4.69, 9.17) is 0 Å². The highest BCUT2D eigenvalue weighted by molar-refractivity contribution is 8.00. The smallest absolute Gasteiger partial charge is 0.249 e. The molecule has 0 radical (unpaired) electrons. The molecule has 0 fully saturated rings. The third-order valence-corrected chi connectivity index (χ3v) is 23.6. The molecule has 17 rings (SSSR count). The third kappa shape index (κ3) is 11.1. The van der Waals surface area contributed by atoms with Crippen LogP contribution in [0.25, 0.3) is 66.8 Å². The van der Waals surface area contributed by atoms with Gasteiger partial charge in [0.05, 0.1) is 5.69 Å². The fourth-order valence-corrected chi connectivity index (χ4v) is 18.3. The molecule has 0 bridgehead atoms. The predicted molar refractivity (Wildman–Crippen MR) is 434 cm³/mol. The summed E-state index contributed by atoms with van der Waals surface area (Å²) in [6.07, 6.45) is 0. The molecule has 0 spiro atoms. The summed E-state index contributed by atoms with van der Waals surface area (Å²) in [5, 5.41) is 0. The Hall–Kier alpha value is -9.71. The quantitative estimate of drug-likeness (QED) is 0.140. The molecule has 486 valence electrons. The summed E-state index contributed by atoms with van der Waals surface area (Å²) < 4.78 is 0. The predicted octanol–water partition coefficient (Wildman–Crippen LogP) is 22.4. The van der Waals surface area contributed by atoms with Gasteiger partial charge in [0.25, 0.3) is 0 Å². The first-order valence-electron chi connectivity index (χ1n) is 35.6. The van der Waals surface area contributed by atoms with Crippen LogP contribution in [0.15, 0.2) is 299 Å². The Morgan fingerprint density at radius 1 is 0.240 bits per heavy atom. The van der Waals surface area contributed by atoms with Crippen LogP contribution in [-0.2, 0) is 21.7 Å². The maximum Gasteiger partial charge on any atom is 0.249 e. The van der Waals surface area contributed by atoms with E-state index in [0.717, 1.165) is 11.4 Å². The first-order chi connectivity index (χ1) is 48.1. The molecule has 0 unspecified atom stereocenters. The minimum Gasteiger partial charge on any atom is -0.311 e. The van der Waals surface area contributed by atoms with E-state index < -0.39 is 0 Å². The van der Waals surface area contributed by atoms with Crippen molar-refractivity contribution >= 4 is 104 Å². The highest BCUT2D eigenvalue weighted by Gasteiger charge is 2.48. The maximum absolute atomic E-state index is 2.74. The Labute approximate surface area is 601 Å². The molecule has 0 saturated carbocycles. The molecule has 0 amide bonds. The van der Waals surface area contributed by atoms with E-state index >= 15 is 0 Å². The molecule has 13 aromatic carbocycles. The first-order valence-corrected chi connectivity index (χ1v) is 37.2. The van der Waals surface area contributed by atoms with Crippen molar-refractivity contribution in [1.29, 1.82) is 0 Å². The minimum atomic E-state index is -0.134. The summed E-state index contributed by atoms with van der Waals surface area (Å²) in [5.41, 5.74) is 34.5.